The molecule has 0 saturated carbocycles. The van der Waals surface area contributed by atoms with Gasteiger partial charge in [-0.1, -0.05) is 30.0 Å². The van der Waals surface area contributed by atoms with Crippen LogP contribution in [0.25, 0.3) is 0 Å². The first-order chi connectivity index (χ1) is 12.4. The predicted octanol–water partition coefficient (Wildman–Crippen LogP) is 4.66. The van der Waals surface area contributed by atoms with Crippen molar-refractivity contribution in [3.05, 3.63) is 54.6 Å². The maximum absolute atomic E-state index is 12.3. The van der Waals surface area contributed by atoms with Crippen LogP contribution in [0.2, 0.25) is 0 Å². The van der Waals surface area contributed by atoms with Gasteiger partial charge in [0.1, 0.15) is 5.25 Å². The molecule has 1 atom stereocenters. The van der Waals surface area contributed by atoms with Crippen LogP contribution in [0.3, 0.4) is 0 Å². The van der Waals surface area contributed by atoms with E-state index in [-0.39, 0.29) is 0 Å². The van der Waals surface area contributed by atoms with Crippen molar-refractivity contribution in [1.29, 1.82) is 0 Å². The third-order valence-corrected chi connectivity index (χ3v) is 4.91. The molecule has 4 nitrogen and oxygen atoms in total. The average molecular weight is 397 g/mol. The van der Waals surface area contributed by atoms with Crippen LogP contribution in [0.1, 0.15) is 6.92 Å². The first-order valence-corrected chi connectivity index (χ1v) is 9.43. The van der Waals surface area contributed by atoms with E-state index in [2.05, 4.69) is 5.32 Å². The second-order valence-corrected chi connectivity index (χ2v) is 7.61. The summed E-state index contributed by atoms with van der Waals surface area (Å²) >= 11 is 1.77. The van der Waals surface area contributed by atoms with Gasteiger partial charge in [-0.2, -0.15) is 8.78 Å². The van der Waals surface area contributed by atoms with E-state index in [1.165, 1.54) is 36.0 Å². The van der Waals surface area contributed by atoms with Crippen molar-refractivity contribution in [3.8, 4) is 0 Å². The van der Waals surface area contributed by atoms with E-state index in [9.17, 15) is 18.4 Å². The van der Waals surface area contributed by atoms with Crippen LogP contribution in [0, 0.1) is 0 Å². The summed E-state index contributed by atoms with van der Waals surface area (Å²) in [5.41, 5.74) is 0.441. The van der Waals surface area contributed by atoms with Gasteiger partial charge in [0, 0.05) is 15.5 Å². The van der Waals surface area contributed by atoms with Crippen LogP contribution in [0.15, 0.2) is 64.4 Å². The van der Waals surface area contributed by atoms with Crippen LogP contribution in [0.5, 0.6) is 0 Å². The Labute approximate surface area is 158 Å². The third-order valence-electron chi connectivity index (χ3n) is 3.10. The van der Waals surface area contributed by atoms with E-state index in [1.54, 1.807) is 6.92 Å². The molecule has 2 rings (SSSR count). The molecule has 2 aromatic carbocycles. The first-order valence-electron chi connectivity index (χ1n) is 7.67. The van der Waals surface area contributed by atoms with Gasteiger partial charge in [-0.3, -0.25) is 9.59 Å². The number of halogens is 2. The zero-order valence-corrected chi connectivity index (χ0v) is 15.5. The molecule has 1 amide bonds. The minimum atomic E-state index is -2.49. The van der Waals surface area contributed by atoms with E-state index in [4.69, 9.17) is 4.74 Å². The summed E-state index contributed by atoms with van der Waals surface area (Å²) in [5.74, 6) is -3.48. The van der Waals surface area contributed by atoms with Crippen molar-refractivity contribution in [2.24, 2.45) is 0 Å². The fourth-order valence-corrected chi connectivity index (χ4v) is 3.31. The largest absolute Gasteiger partial charge is 0.455 e. The normalized spacial score (nSPS) is 11.8. The van der Waals surface area contributed by atoms with Crippen molar-refractivity contribution < 1.29 is 23.1 Å². The maximum atomic E-state index is 12.3. The highest BCUT2D eigenvalue weighted by molar-refractivity contribution is 8.00. The van der Waals surface area contributed by atoms with E-state index in [1.807, 2.05) is 30.3 Å². The van der Waals surface area contributed by atoms with Crippen LogP contribution in [0.4, 0.5) is 14.5 Å². The van der Waals surface area contributed by atoms with Gasteiger partial charge in [0.05, 0.1) is 0 Å². The van der Waals surface area contributed by atoms with Crippen molar-refractivity contribution >= 4 is 41.1 Å². The number of esters is 1. The van der Waals surface area contributed by atoms with Gasteiger partial charge >= 0.3 is 5.97 Å². The molecule has 0 aromatic heterocycles. The highest BCUT2D eigenvalue weighted by atomic mass is 32.2. The molecule has 0 aliphatic rings. The highest BCUT2D eigenvalue weighted by Crippen LogP contribution is 2.26. The fourth-order valence-electron chi connectivity index (χ4n) is 1.92. The van der Waals surface area contributed by atoms with Crippen molar-refractivity contribution in [1.82, 2.24) is 0 Å². The number of ether oxygens (including phenoxy) is 1. The molecule has 0 spiro atoms. The third kappa shape index (κ3) is 7.05. The molecule has 2 aromatic rings. The lowest BCUT2D eigenvalue weighted by Gasteiger charge is -2.11. The number of alkyl halides is 2. The van der Waals surface area contributed by atoms with Gasteiger partial charge in [-0.25, -0.2) is 0 Å². The van der Waals surface area contributed by atoms with Gasteiger partial charge in [-0.15, -0.1) is 11.8 Å². The smallest absolute Gasteiger partial charge is 0.319 e. The predicted molar refractivity (Wildman–Crippen MR) is 99.7 cm³/mol. The Morgan fingerprint density at radius 1 is 1.00 bits per heavy atom. The van der Waals surface area contributed by atoms with Crippen LogP contribution < -0.4 is 5.32 Å². The lowest BCUT2D eigenvalue weighted by molar-refractivity contribution is -0.146. The average Bonchev–Trinajstić information content (AvgIpc) is 2.61. The van der Waals surface area contributed by atoms with Gasteiger partial charge in [0.15, 0.2) is 6.61 Å². The Kier molecular flexibility index (Phi) is 7.93. The molecule has 0 aliphatic carbocycles. The molecule has 0 aliphatic heterocycles. The molecule has 8 heteroatoms. The number of amides is 1. The minimum absolute atomic E-state index is 0.399. The Balaban J connectivity index is 1.76. The van der Waals surface area contributed by atoms with Crippen molar-refractivity contribution in [3.63, 3.8) is 0 Å². The zero-order valence-electron chi connectivity index (χ0n) is 13.9. The Morgan fingerprint density at radius 3 is 2.23 bits per heavy atom. The summed E-state index contributed by atoms with van der Waals surface area (Å²) in [6, 6.07) is 15.4. The molecule has 0 heterocycles. The number of carbonyl (C=O) groups excluding carboxylic acids is 2. The number of benzene rings is 2. The lowest BCUT2D eigenvalue weighted by atomic mass is 10.3. The van der Waals surface area contributed by atoms with Crippen LogP contribution in [-0.2, 0) is 14.3 Å². The number of anilines is 1. The molecular formula is C18H17F2NO3S2. The SMILES string of the molecule is C[C@H](Sc1ccccc1)C(=O)OCC(=O)Nc1ccc(SC(F)F)cc1. The molecule has 0 saturated heterocycles. The number of carbonyl (C=O) groups is 2. The Morgan fingerprint density at radius 2 is 1.62 bits per heavy atom. The van der Waals surface area contributed by atoms with Gasteiger partial charge in [0.25, 0.3) is 11.7 Å². The lowest BCUT2D eigenvalue weighted by Crippen LogP contribution is -2.24. The number of hydrogen-bond donors (Lipinski definition) is 1. The van der Waals surface area contributed by atoms with Gasteiger partial charge in [0.2, 0.25) is 0 Å². The summed E-state index contributed by atoms with van der Waals surface area (Å²) in [4.78, 5) is 25.1. The van der Waals surface area contributed by atoms with Crippen molar-refractivity contribution in [2.75, 3.05) is 11.9 Å². The van der Waals surface area contributed by atoms with Crippen LogP contribution in [-0.4, -0.2) is 29.5 Å². The topological polar surface area (TPSA) is 55.4 Å². The first kappa shape index (κ1) is 20.3. The fraction of sp³-hybridized carbons (Fsp3) is 0.222. The highest BCUT2D eigenvalue weighted by Gasteiger charge is 2.17. The molecule has 0 bridgehead atoms. The second kappa shape index (κ2) is 10.2. The van der Waals surface area contributed by atoms with E-state index < -0.39 is 29.5 Å². The second-order valence-electron chi connectivity index (χ2n) is 5.13. The number of rotatable bonds is 8. The summed E-state index contributed by atoms with van der Waals surface area (Å²) in [6.07, 6.45) is 0. The summed E-state index contributed by atoms with van der Waals surface area (Å²) in [7, 11) is 0. The van der Waals surface area contributed by atoms with E-state index in [0.29, 0.717) is 22.3 Å². The molecule has 0 fully saturated rings. The quantitative estimate of drug-likeness (QED) is 0.518. The minimum Gasteiger partial charge on any atom is -0.455 e. The van der Waals surface area contributed by atoms with E-state index in [0.717, 1.165) is 4.90 Å². The Bertz CT molecular complexity index is 727. The maximum Gasteiger partial charge on any atom is 0.319 e. The molecule has 0 radical (unpaired) electrons. The van der Waals surface area contributed by atoms with Crippen LogP contribution >= 0.6 is 23.5 Å². The number of hydrogen-bond acceptors (Lipinski definition) is 5. The molecule has 26 heavy (non-hydrogen) atoms. The Hall–Kier alpha value is -2.06. The number of thioether (sulfide) groups is 2. The van der Waals surface area contributed by atoms with Crippen molar-refractivity contribution in [2.45, 2.75) is 27.7 Å². The standard InChI is InChI=1S/C18H17F2NO3S2/c1-12(25-14-5-3-2-4-6-14)17(23)24-11-16(22)21-13-7-9-15(10-8-13)26-18(19)20/h2-10,12,18H,11H2,1H3,(H,21,22)/t12-/m0/s1. The molecular weight excluding hydrogens is 380 g/mol. The molecule has 1 N–H and O–H groups in total. The number of nitrogens with one attached hydrogen (secondary N) is 1. The van der Waals surface area contributed by atoms with Gasteiger partial charge < -0.3 is 10.1 Å². The monoisotopic (exact) mass is 397 g/mol. The van der Waals surface area contributed by atoms with E-state index >= 15 is 0 Å². The molecule has 0 unspecified atom stereocenters. The van der Waals surface area contributed by atoms with Gasteiger partial charge in [-0.05, 0) is 43.3 Å². The summed E-state index contributed by atoms with van der Waals surface area (Å²) in [5, 5.41) is 2.10. The zero-order chi connectivity index (χ0) is 18.9. The molecule has 138 valence electrons. The summed E-state index contributed by atoms with van der Waals surface area (Å²) in [6.45, 7) is 1.30. The summed E-state index contributed by atoms with van der Waals surface area (Å²) < 4.78 is 29.5.